The first-order valence-corrected chi connectivity index (χ1v) is 7.30. The number of rotatable bonds is 11. The Balaban J connectivity index is 3.67. The quantitative estimate of drug-likeness (QED) is 0.291. The van der Waals surface area contributed by atoms with Crippen LogP contribution >= 0.6 is 0 Å². The maximum absolute atomic E-state index is 13.6. The molecule has 0 aromatic carbocycles. The Morgan fingerprint density at radius 3 is 1.94 bits per heavy atom. The summed E-state index contributed by atoms with van der Waals surface area (Å²) in [6.07, 6.45) is 12.6. The summed E-state index contributed by atoms with van der Waals surface area (Å²) in [6, 6.07) is 0. The minimum absolute atomic E-state index is 0.173. The van der Waals surface area contributed by atoms with Gasteiger partial charge in [-0.3, -0.25) is 0 Å². The Morgan fingerprint density at radius 1 is 1.00 bits per heavy atom. The Kier molecular flexibility index (Phi) is 10.7. The fraction of sp³-hybridized carbons (Fsp3) is 0.647. The third kappa shape index (κ3) is 8.27. The molecule has 1 heteroatoms. The van der Waals surface area contributed by atoms with Crippen LogP contribution < -0.4 is 0 Å². The summed E-state index contributed by atoms with van der Waals surface area (Å²) in [5.41, 5.74) is 1.22. The van der Waals surface area contributed by atoms with E-state index in [2.05, 4.69) is 20.1 Å². The van der Waals surface area contributed by atoms with E-state index in [1.807, 2.05) is 0 Å². The predicted octanol–water partition coefficient (Wildman–Crippen LogP) is 6.50. The molecular formula is C17H29F. The second kappa shape index (κ2) is 11.3. The van der Waals surface area contributed by atoms with Crippen LogP contribution in [-0.4, -0.2) is 0 Å². The summed E-state index contributed by atoms with van der Waals surface area (Å²) in [5.74, 6) is -0.173. The zero-order chi connectivity index (χ0) is 13.8. The largest absolute Gasteiger partial charge is 0.206 e. The van der Waals surface area contributed by atoms with Crippen LogP contribution in [0.25, 0.3) is 0 Å². The van der Waals surface area contributed by atoms with Gasteiger partial charge >= 0.3 is 0 Å². The van der Waals surface area contributed by atoms with Crippen LogP contribution in [0.4, 0.5) is 4.39 Å². The molecule has 0 rings (SSSR count). The van der Waals surface area contributed by atoms with E-state index < -0.39 is 0 Å². The van der Waals surface area contributed by atoms with Crippen LogP contribution in [0.15, 0.2) is 36.2 Å². The molecule has 0 aromatic heterocycles. The molecule has 0 radical (unpaired) electrons. The summed E-state index contributed by atoms with van der Waals surface area (Å²) < 4.78 is 13.6. The monoisotopic (exact) mass is 252 g/mol. The fourth-order valence-electron chi connectivity index (χ4n) is 2.02. The Hall–Kier alpha value is -0.850. The molecule has 0 aliphatic rings. The van der Waals surface area contributed by atoms with Crippen LogP contribution in [0, 0.1) is 0 Å². The van der Waals surface area contributed by atoms with Gasteiger partial charge in [0.2, 0.25) is 0 Å². The molecular weight excluding hydrogens is 223 g/mol. The summed E-state index contributed by atoms with van der Waals surface area (Å²) in [6.45, 7) is 11.2. The first kappa shape index (κ1) is 17.2. The highest BCUT2D eigenvalue weighted by Gasteiger charge is 2.03. The summed E-state index contributed by atoms with van der Waals surface area (Å²) >= 11 is 0. The highest BCUT2D eigenvalue weighted by atomic mass is 19.1. The number of unbranched alkanes of at least 4 members (excludes halogenated alkanes) is 7. The van der Waals surface area contributed by atoms with Gasteiger partial charge < -0.3 is 0 Å². The molecule has 0 amide bonds. The first-order chi connectivity index (χ1) is 8.63. The van der Waals surface area contributed by atoms with Gasteiger partial charge in [-0.05, 0) is 30.9 Å². The second-order valence-corrected chi connectivity index (χ2v) is 5.05. The average Bonchev–Trinajstić information content (AvgIpc) is 2.36. The standard InChI is InChI=1S/C17H29F/c1-5-7-8-9-10-11-12-13-14-16(6-2)17(18)15(3)4/h6H,2-3,5,7-14H2,1,4H3/b17-16-. The normalized spacial score (nSPS) is 12.2. The lowest BCUT2D eigenvalue weighted by Gasteiger charge is -2.05. The van der Waals surface area contributed by atoms with Gasteiger partial charge in [0.05, 0.1) is 0 Å². The smallest absolute Gasteiger partial charge is 0.128 e. The molecule has 0 nitrogen and oxygen atoms in total. The molecule has 104 valence electrons. The molecule has 0 unspecified atom stereocenters. The molecule has 0 aromatic rings. The van der Waals surface area contributed by atoms with E-state index in [0.717, 1.165) is 12.8 Å². The predicted molar refractivity (Wildman–Crippen MR) is 80.4 cm³/mol. The molecule has 0 saturated carbocycles. The highest BCUT2D eigenvalue weighted by molar-refractivity contribution is 5.31. The lowest BCUT2D eigenvalue weighted by molar-refractivity contribution is 0.570. The van der Waals surface area contributed by atoms with Crippen molar-refractivity contribution in [3.63, 3.8) is 0 Å². The molecule has 0 heterocycles. The zero-order valence-electron chi connectivity index (χ0n) is 12.2. The average molecular weight is 252 g/mol. The zero-order valence-corrected chi connectivity index (χ0v) is 12.2. The van der Waals surface area contributed by atoms with Gasteiger partial charge in [0.1, 0.15) is 5.83 Å². The minimum Gasteiger partial charge on any atom is -0.206 e. The molecule has 0 fully saturated rings. The molecule has 18 heavy (non-hydrogen) atoms. The van der Waals surface area contributed by atoms with E-state index in [-0.39, 0.29) is 5.83 Å². The molecule has 0 saturated heterocycles. The van der Waals surface area contributed by atoms with Crippen LogP contribution in [0.1, 0.15) is 71.6 Å². The molecule has 0 bridgehead atoms. The molecule has 0 N–H and O–H groups in total. The second-order valence-electron chi connectivity index (χ2n) is 5.05. The maximum atomic E-state index is 13.6. The summed E-state index contributed by atoms with van der Waals surface area (Å²) in [4.78, 5) is 0. The van der Waals surface area contributed by atoms with Gasteiger partial charge in [0, 0.05) is 0 Å². The Bertz CT molecular complexity index is 273. The number of hydrogen-bond donors (Lipinski definition) is 0. The van der Waals surface area contributed by atoms with E-state index >= 15 is 0 Å². The summed E-state index contributed by atoms with van der Waals surface area (Å²) in [5, 5.41) is 0. The van der Waals surface area contributed by atoms with Gasteiger partial charge in [-0.15, -0.1) is 0 Å². The van der Waals surface area contributed by atoms with Crippen molar-refractivity contribution < 1.29 is 4.39 Å². The van der Waals surface area contributed by atoms with Crippen molar-refractivity contribution in [1.82, 2.24) is 0 Å². The van der Waals surface area contributed by atoms with Crippen molar-refractivity contribution in [2.75, 3.05) is 0 Å². The van der Waals surface area contributed by atoms with E-state index in [4.69, 9.17) is 0 Å². The van der Waals surface area contributed by atoms with Crippen molar-refractivity contribution in [1.29, 1.82) is 0 Å². The van der Waals surface area contributed by atoms with Gasteiger partial charge in [-0.2, -0.15) is 0 Å². The number of hydrogen-bond acceptors (Lipinski definition) is 0. The summed E-state index contributed by atoms with van der Waals surface area (Å²) in [7, 11) is 0. The number of allylic oxidation sites excluding steroid dienone is 4. The Morgan fingerprint density at radius 2 is 1.50 bits per heavy atom. The van der Waals surface area contributed by atoms with Crippen molar-refractivity contribution in [3.8, 4) is 0 Å². The topological polar surface area (TPSA) is 0 Å². The van der Waals surface area contributed by atoms with E-state index in [0.29, 0.717) is 11.1 Å². The van der Waals surface area contributed by atoms with E-state index in [9.17, 15) is 4.39 Å². The van der Waals surface area contributed by atoms with Gasteiger partial charge in [-0.25, -0.2) is 4.39 Å². The number of halogens is 1. The van der Waals surface area contributed by atoms with Gasteiger partial charge in [-0.1, -0.05) is 71.1 Å². The van der Waals surface area contributed by atoms with Crippen molar-refractivity contribution in [2.24, 2.45) is 0 Å². The van der Waals surface area contributed by atoms with Crippen LogP contribution in [0.5, 0.6) is 0 Å². The van der Waals surface area contributed by atoms with Gasteiger partial charge in [0.25, 0.3) is 0 Å². The van der Waals surface area contributed by atoms with Crippen LogP contribution in [0.2, 0.25) is 0 Å². The van der Waals surface area contributed by atoms with E-state index in [1.165, 1.54) is 44.9 Å². The first-order valence-electron chi connectivity index (χ1n) is 7.30. The molecule has 0 atom stereocenters. The van der Waals surface area contributed by atoms with Crippen molar-refractivity contribution >= 4 is 0 Å². The fourth-order valence-corrected chi connectivity index (χ4v) is 2.02. The molecule has 0 aliphatic carbocycles. The Labute approximate surface area is 113 Å². The lowest BCUT2D eigenvalue weighted by atomic mass is 10.0. The van der Waals surface area contributed by atoms with Crippen molar-refractivity contribution in [2.45, 2.75) is 71.6 Å². The minimum atomic E-state index is -0.173. The van der Waals surface area contributed by atoms with Gasteiger partial charge in [0.15, 0.2) is 0 Å². The maximum Gasteiger partial charge on any atom is 0.128 e. The third-order valence-corrected chi connectivity index (χ3v) is 3.20. The molecule has 0 aliphatic heterocycles. The van der Waals surface area contributed by atoms with Crippen LogP contribution in [-0.2, 0) is 0 Å². The van der Waals surface area contributed by atoms with Crippen molar-refractivity contribution in [3.05, 3.63) is 36.2 Å². The lowest BCUT2D eigenvalue weighted by Crippen LogP contribution is -1.87. The third-order valence-electron chi connectivity index (χ3n) is 3.20. The SMILES string of the molecule is C=C/C(CCCCCCCCCC)=C(/F)C(=C)C. The highest BCUT2D eigenvalue weighted by Crippen LogP contribution is 2.21. The van der Waals surface area contributed by atoms with E-state index in [1.54, 1.807) is 13.0 Å². The molecule has 0 spiro atoms. The van der Waals surface area contributed by atoms with Crippen LogP contribution in [0.3, 0.4) is 0 Å².